The van der Waals surface area contributed by atoms with Crippen molar-refractivity contribution in [1.82, 2.24) is 9.88 Å². The number of rotatable bonds is 5. The molecule has 0 radical (unpaired) electrons. The standard InChI is InChI=1S/C16H23N3O4/c1-8(2)13(14(20)18-16(17)22)23-15(21)12-7-9(3)19(10(12)4)11-5-6-11/h7-8,11,13H,5-6H2,1-4H3,(H3,17,18,20,22)/t13-/m0/s1. The molecular weight excluding hydrogens is 298 g/mol. The highest BCUT2D eigenvalue weighted by molar-refractivity contribution is 5.98. The van der Waals surface area contributed by atoms with Gasteiger partial charge >= 0.3 is 12.0 Å². The first-order valence-corrected chi connectivity index (χ1v) is 7.72. The summed E-state index contributed by atoms with van der Waals surface area (Å²) in [6.45, 7) is 7.27. The lowest BCUT2D eigenvalue weighted by Gasteiger charge is -2.19. The third kappa shape index (κ3) is 3.72. The molecule has 3 N–H and O–H groups in total. The molecule has 0 unspecified atom stereocenters. The molecule has 7 nitrogen and oxygen atoms in total. The fourth-order valence-electron chi connectivity index (χ4n) is 2.74. The molecule has 1 aliphatic rings. The predicted octanol–water partition coefficient (Wildman–Crippen LogP) is 1.82. The van der Waals surface area contributed by atoms with Gasteiger partial charge in [0, 0.05) is 17.4 Å². The fourth-order valence-corrected chi connectivity index (χ4v) is 2.74. The second-order valence-electron chi connectivity index (χ2n) is 6.31. The highest BCUT2D eigenvalue weighted by atomic mass is 16.5. The zero-order valence-corrected chi connectivity index (χ0v) is 13.9. The molecule has 0 saturated heterocycles. The molecule has 0 spiro atoms. The summed E-state index contributed by atoms with van der Waals surface area (Å²) < 4.78 is 7.47. The van der Waals surface area contributed by atoms with Crippen LogP contribution in [0.15, 0.2) is 6.07 Å². The summed E-state index contributed by atoms with van der Waals surface area (Å²) in [5, 5.41) is 1.96. The Labute approximate surface area is 135 Å². The molecule has 1 fully saturated rings. The largest absolute Gasteiger partial charge is 0.448 e. The number of hydrogen-bond acceptors (Lipinski definition) is 4. The zero-order chi connectivity index (χ0) is 17.3. The van der Waals surface area contributed by atoms with E-state index in [4.69, 9.17) is 10.5 Å². The Kier molecular flexibility index (Phi) is 4.77. The molecule has 0 aliphatic heterocycles. The number of ether oxygens (including phenoxy) is 1. The third-order valence-corrected chi connectivity index (χ3v) is 3.96. The van der Waals surface area contributed by atoms with Crippen LogP contribution in [0.4, 0.5) is 4.79 Å². The van der Waals surface area contributed by atoms with Crippen LogP contribution in [0, 0.1) is 19.8 Å². The molecular formula is C16H23N3O4. The number of urea groups is 1. The van der Waals surface area contributed by atoms with Crippen LogP contribution in [-0.4, -0.2) is 28.6 Å². The summed E-state index contributed by atoms with van der Waals surface area (Å²) in [7, 11) is 0. The molecule has 1 saturated carbocycles. The number of nitrogens with one attached hydrogen (secondary N) is 1. The van der Waals surface area contributed by atoms with Crippen molar-refractivity contribution in [2.45, 2.75) is 52.7 Å². The third-order valence-electron chi connectivity index (χ3n) is 3.96. The fraction of sp³-hybridized carbons (Fsp3) is 0.562. The van der Waals surface area contributed by atoms with Crippen LogP contribution in [0.25, 0.3) is 0 Å². The van der Waals surface area contributed by atoms with Gasteiger partial charge in [-0.15, -0.1) is 0 Å². The maximum atomic E-state index is 12.4. The molecule has 23 heavy (non-hydrogen) atoms. The van der Waals surface area contributed by atoms with Gasteiger partial charge in [-0.3, -0.25) is 10.1 Å². The van der Waals surface area contributed by atoms with E-state index in [-0.39, 0.29) is 5.92 Å². The number of carbonyl (C=O) groups excluding carboxylic acids is 3. The van der Waals surface area contributed by atoms with Crippen molar-refractivity contribution in [3.05, 3.63) is 23.0 Å². The number of nitrogens with zero attached hydrogens (tertiary/aromatic N) is 1. The Morgan fingerprint density at radius 1 is 1.30 bits per heavy atom. The number of carbonyl (C=O) groups is 3. The Balaban J connectivity index is 2.17. The lowest BCUT2D eigenvalue weighted by molar-refractivity contribution is -0.130. The van der Waals surface area contributed by atoms with Crippen LogP contribution in [0.1, 0.15) is 54.5 Å². The molecule has 1 aliphatic carbocycles. The first kappa shape index (κ1) is 17.1. The molecule has 7 heteroatoms. The lowest BCUT2D eigenvalue weighted by Crippen LogP contribution is -2.45. The normalized spacial score (nSPS) is 15.3. The number of aryl methyl sites for hydroxylation is 1. The van der Waals surface area contributed by atoms with Gasteiger partial charge in [0.05, 0.1) is 5.56 Å². The first-order chi connectivity index (χ1) is 10.7. The molecule has 0 aromatic carbocycles. The van der Waals surface area contributed by atoms with Crippen molar-refractivity contribution >= 4 is 17.9 Å². The zero-order valence-electron chi connectivity index (χ0n) is 13.9. The van der Waals surface area contributed by atoms with Crippen molar-refractivity contribution < 1.29 is 19.1 Å². The van der Waals surface area contributed by atoms with E-state index < -0.39 is 24.0 Å². The minimum atomic E-state index is -1.07. The van der Waals surface area contributed by atoms with Gasteiger partial charge in [0.2, 0.25) is 0 Å². The molecule has 0 bridgehead atoms. The Hall–Kier alpha value is -2.31. The maximum Gasteiger partial charge on any atom is 0.340 e. The molecule has 2 rings (SSSR count). The van der Waals surface area contributed by atoms with Crippen LogP contribution >= 0.6 is 0 Å². The van der Waals surface area contributed by atoms with E-state index >= 15 is 0 Å². The summed E-state index contributed by atoms with van der Waals surface area (Å²) in [4.78, 5) is 35.2. The van der Waals surface area contributed by atoms with Crippen LogP contribution in [0.5, 0.6) is 0 Å². The van der Waals surface area contributed by atoms with Gasteiger partial charge in [0.15, 0.2) is 6.10 Å². The second kappa shape index (κ2) is 6.44. The van der Waals surface area contributed by atoms with Gasteiger partial charge in [-0.25, -0.2) is 9.59 Å². The van der Waals surface area contributed by atoms with E-state index in [9.17, 15) is 14.4 Å². The Bertz CT molecular complexity index is 644. The van der Waals surface area contributed by atoms with Crippen molar-refractivity contribution in [3.63, 3.8) is 0 Å². The number of amides is 3. The second-order valence-corrected chi connectivity index (χ2v) is 6.31. The van der Waals surface area contributed by atoms with Gasteiger partial charge in [-0.1, -0.05) is 13.8 Å². The summed E-state index contributed by atoms with van der Waals surface area (Å²) >= 11 is 0. The lowest BCUT2D eigenvalue weighted by atomic mass is 10.1. The van der Waals surface area contributed by atoms with Gasteiger partial charge < -0.3 is 15.0 Å². The number of aromatic nitrogens is 1. The van der Waals surface area contributed by atoms with E-state index in [1.54, 1.807) is 19.9 Å². The number of primary amides is 1. The average molecular weight is 321 g/mol. The van der Waals surface area contributed by atoms with E-state index in [2.05, 4.69) is 4.57 Å². The maximum absolute atomic E-state index is 12.4. The molecule has 1 atom stereocenters. The number of nitrogens with two attached hydrogens (primary N) is 1. The summed E-state index contributed by atoms with van der Waals surface area (Å²) in [5.41, 5.74) is 7.24. The van der Waals surface area contributed by atoms with Crippen LogP contribution < -0.4 is 11.1 Å². The first-order valence-electron chi connectivity index (χ1n) is 7.72. The van der Waals surface area contributed by atoms with Crippen molar-refractivity contribution in [3.8, 4) is 0 Å². The SMILES string of the molecule is Cc1cc(C(=O)O[C@H](C(=O)NC(N)=O)C(C)C)c(C)n1C1CC1. The summed E-state index contributed by atoms with van der Waals surface area (Å²) in [5.74, 6) is -1.56. The Morgan fingerprint density at radius 3 is 2.39 bits per heavy atom. The monoisotopic (exact) mass is 321 g/mol. The summed E-state index contributed by atoms with van der Waals surface area (Å²) in [6, 6.07) is 1.26. The highest BCUT2D eigenvalue weighted by Gasteiger charge is 2.32. The predicted molar refractivity (Wildman–Crippen MR) is 83.9 cm³/mol. The quantitative estimate of drug-likeness (QED) is 0.807. The molecule has 1 heterocycles. The van der Waals surface area contributed by atoms with Crippen LogP contribution in [-0.2, 0) is 9.53 Å². The Morgan fingerprint density at radius 2 is 1.91 bits per heavy atom. The van der Waals surface area contributed by atoms with E-state index in [1.165, 1.54) is 0 Å². The minimum Gasteiger partial charge on any atom is -0.448 e. The number of hydrogen-bond donors (Lipinski definition) is 2. The van der Waals surface area contributed by atoms with E-state index in [1.807, 2.05) is 19.2 Å². The smallest absolute Gasteiger partial charge is 0.340 e. The van der Waals surface area contributed by atoms with Crippen molar-refractivity contribution in [1.29, 1.82) is 0 Å². The average Bonchev–Trinajstić information content (AvgIpc) is 3.20. The van der Waals surface area contributed by atoms with Crippen LogP contribution in [0.3, 0.4) is 0 Å². The molecule has 1 aromatic rings. The van der Waals surface area contributed by atoms with Crippen molar-refractivity contribution in [2.24, 2.45) is 11.7 Å². The van der Waals surface area contributed by atoms with E-state index in [0.29, 0.717) is 11.6 Å². The van der Waals surface area contributed by atoms with E-state index in [0.717, 1.165) is 24.2 Å². The van der Waals surface area contributed by atoms with Gasteiger partial charge in [-0.05, 0) is 38.7 Å². The van der Waals surface area contributed by atoms with Gasteiger partial charge in [0.1, 0.15) is 0 Å². The van der Waals surface area contributed by atoms with Gasteiger partial charge in [-0.2, -0.15) is 0 Å². The molecule has 3 amide bonds. The summed E-state index contributed by atoms with van der Waals surface area (Å²) in [6.07, 6.45) is 1.15. The number of esters is 1. The molecule has 126 valence electrons. The van der Waals surface area contributed by atoms with Crippen LogP contribution in [0.2, 0.25) is 0 Å². The highest BCUT2D eigenvalue weighted by Crippen LogP contribution is 2.38. The van der Waals surface area contributed by atoms with Gasteiger partial charge in [0.25, 0.3) is 5.91 Å². The molecule has 1 aromatic heterocycles. The number of imide groups is 1. The van der Waals surface area contributed by atoms with Crippen molar-refractivity contribution in [2.75, 3.05) is 0 Å². The minimum absolute atomic E-state index is 0.287. The topological polar surface area (TPSA) is 103 Å².